The number of aliphatic hydroxyl groups is 1. The van der Waals surface area contributed by atoms with Crippen molar-refractivity contribution in [3.8, 4) is 0 Å². The molecule has 0 spiro atoms. The summed E-state index contributed by atoms with van der Waals surface area (Å²) in [5.41, 5.74) is 2.13. The van der Waals surface area contributed by atoms with E-state index < -0.39 is 5.60 Å². The summed E-state index contributed by atoms with van der Waals surface area (Å²) in [7, 11) is 0. The third-order valence-electron chi connectivity index (χ3n) is 4.44. The molecule has 0 bridgehead atoms. The third-order valence-corrected chi connectivity index (χ3v) is 4.44. The number of amides is 1. The summed E-state index contributed by atoms with van der Waals surface area (Å²) < 4.78 is 0. The molecule has 0 aliphatic heterocycles. The van der Waals surface area contributed by atoms with Gasteiger partial charge in [0.1, 0.15) is 0 Å². The molecule has 3 nitrogen and oxygen atoms in total. The van der Waals surface area contributed by atoms with Gasteiger partial charge in [0.15, 0.2) is 0 Å². The van der Waals surface area contributed by atoms with Crippen molar-refractivity contribution in [2.75, 3.05) is 6.54 Å². The molecule has 0 aliphatic carbocycles. The quantitative estimate of drug-likeness (QED) is 0.832. The largest absolute Gasteiger partial charge is 0.388 e. The lowest BCUT2D eigenvalue weighted by Gasteiger charge is -2.24. The van der Waals surface area contributed by atoms with Crippen molar-refractivity contribution in [1.82, 2.24) is 5.32 Å². The molecule has 0 heterocycles. The summed E-state index contributed by atoms with van der Waals surface area (Å²) >= 11 is 0. The highest BCUT2D eigenvalue weighted by atomic mass is 16.3. The number of benzene rings is 2. The lowest BCUT2D eigenvalue weighted by molar-refractivity contribution is 0.0478. The summed E-state index contributed by atoms with van der Waals surface area (Å²) in [6, 6.07) is 17.7. The van der Waals surface area contributed by atoms with E-state index in [-0.39, 0.29) is 17.9 Å². The molecule has 2 rings (SSSR count). The van der Waals surface area contributed by atoms with E-state index in [2.05, 4.69) is 26.1 Å². The molecule has 1 unspecified atom stereocenters. The van der Waals surface area contributed by atoms with Gasteiger partial charge in [-0.1, -0.05) is 63.2 Å². The van der Waals surface area contributed by atoms with Crippen LogP contribution >= 0.6 is 0 Å². The summed E-state index contributed by atoms with van der Waals surface area (Å²) in [4.78, 5) is 12.3. The highest BCUT2D eigenvalue weighted by Crippen LogP contribution is 2.22. The molecule has 0 saturated heterocycles. The first-order valence-corrected chi connectivity index (χ1v) is 8.82. The minimum absolute atomic E-state index is 0.0656. The van der Waals surface area contributed by atoms with Gasteiger partial charge in [-0.2, -0.15) is 0 Å². The fourth-order valence-corrected chi connectivity index (χ4v) is 2.64. The van der Waals surface area contributed by atoms with Gasteiger partial charge in [-0.15, -0.1) is 0 Å². The van der Waals surface area contributed by atoms with E-state index in [1.165, 1.54) is 11.1 Å². The average Bonchev–Trinajstić information content (AvgIpc) is 2.58. The molecule has 134 valence electrons. The van der Waals surface area contributed by atoms with Crippen molar-refractivity contribution in [2.24, 2.45) is 0 Å². The normalized spacial score (nSPS) is 14.0. The van der Waals surface area contributed by atoms with Crippen LogP contribution in [0.3, 0.4) is 0 Å². The molecule has 0 aliphatic rings. The standard InChI is InChI=1S/C22H29NO2/c1-21(2,3)19-12-10-18(11-13-19)20(24)23-16-22(4,25)15-14-17-8-6-5-7-9-17/h5-13,25H,14-16H2,1-4H3,(H,23,24). The first kappa shape index (κ1) is 19.2. The molecule has 2 N–H and O–H groups in total. The van der Waals surface area contributed by atoms with E-state index in [9.17, 15) is 9.90 Å². The van der Waals surface area contributed by atoms with E-state index in [1.807, 2.05) is 54.6 Å². The lowest BCUT2D eigenvalue weighted by atomic mass is 9.86. The third kappa shape index (κ3) is 6.02. The summed E-state index contributed by atoms with van der Waals surface area (Å²) in [6.07, 6.45) is 1.38. The van der Waals surface area contributed by atoms with Crippen molar-refractivity contribution in [2.45, 2.75) is 51.6 Å². The minimum atomic E-state index is -0.934. The maximum Gasteiger partial charge on any atom is 0.251 e. The molecule has 1 amide bonds. The lowest BCUT2D eigenvalue weighted by Crippen LogP contribution is -2.41. The monoisotopic (exact) mass is 339 g/mol. The van der Waals surface area contributed by atoms with Crippen LogP contribution in [0.4, 0.5) is 0 Å². The molecule has 0 saturated carbocycles. The van der Waals surface area contributed by atoms with Crippen LogP contribution in [0.25, 0.3) is 0 Å². The molecule has 1 atom stereocenters. The van der Waals surface area contributed by atoms with Crippen LogP contribution in [-0.4, -0.2) is 23.2 Å². The smallest absolute Gasteiger partial charge is 0.251 e. The van der Waals surface area contributed by atoms with Crippen LogP contribution in [-0.2, 0) is 11.8 Å². The van der Waals surface area contributed by atoms with Crippen molar-refractivity contribution >= 4 is 5.91 Å². The zero-order chi connectivity index (χ0) is 18.5. The van der Waals surface area contributed by atoms with Crippen LogP contribution in [0.5, 0.6) is 0 Å². The van der Waals surface area contributed by atoms with Crippen LogP contribution in [0.2, 0.25) is 0 Å². The molecule has 2 aromatic rings. The molecule has 3 heteroatoms. The maximum absolute atomic E-state index is 12.3. The average molecular weight is 339 g/mol. The molecule has 0 radical (unpaired) electrons. The Bertz CT molecular complexity index is 682. The number of hydrogen-bond donors (Lipinski definition) is 2. The van der Waals surface area contributed by atoms with E-state index in [0.717, 1.165) is 6.42 Å². The number of carbonyl (C=O) groups excluding carboxylic acids is 1. The number of hydrogen-bond acceptors (Lipinski definition) is 2. The first-order chi connectivity index (χ1) is 11.7. The molecule has 25 heavy (non-hydrogen) atoms. The van der Waals surface area contributed by atoms with Crippen LogP contribution in [0, 0.1) is 0 Å². The Morgan fingerprint density at radius 3 is 2.12 bits per heavy atom. The van der Waals surface area contributed by atoms with E-state index in [4.69, 9.17) is 0 Å². The SMILES string of the molecule is CC(O)(CCc1ccccc1)CNC(=O)c1ccc(C(C)(C)C)cc1. The Morgan fingerprint density at radius 1 is 0.960 bits per heavy atom. The highest BCUT2D eigenvalue weighted by molar-refractivity contribution is 5.94. The predicted molar refractivity (Wildman–Crippen MR) is 103 cm³/mol. The van der Waals surface area contributed by atoms with Crippen LogP contribution < -0.4 is 5.32 Å². The minimum Gasteiger partial charge on any atom is -0.388 e. The zero-order valence-electron chi connectivity index (χ0n) is 15.7. The Morgan fingerprint density at radius 2 is 1.56 bits per heavy atom. The summed E-state index contributed by atoms with van der Waals surface area (Å²) in [5.74, 6) is -0.152. The van der Waals surface area contributed by atoms with Gasteiger partial charge in [-0.25, -0.2) is 0 Å². The fraction of sp³-hybridized carbons (Fsp3) is 0.409. The summed E-state index contributed by atoms with van der Waals surface area (Å²) in [5, 5.41) is 13.4. The van der Waals surface area contributed by atoms with Gasteiger partial charge in [-0.3, -0.25) is 4.79 Å². The Kier molecular flexibility index (Phi) is 6.02. The van der Waals surface area contributed by atoms with Gasteiger partial charge >= 0.3 is 0 Å². The van der Waals surface area contributed by atoms with E-state index >= 15 is 0 Å². The fourth-order valence-electron chi connectivity index (χ4n) is 2.64. The molecule has 2 aromatic carbocycles. The molecule has 0 aromatic heterocycles. The molecular formula is C22H29NO2. The zero-order valence-corrected chi connectivity index (χ0v) is 15.7. The second-order valence-corrected chi connectivity index (χ2v) is 7.99. The Balaban J connectivity index is 1.87. The van der Waals surface area contributed by atoms with E-state index in [0.29, 0.717) is 12.0 Å². The predicted octanol–water partition coefficient (Wildman–Crippen LogP) is 4.10. The number of carbonyl (C=O) groups is 1. The molecule has 0 fully saturated rings. The Hall–Kier alpha value is -2.13. The van der Waals surface area contributed by atoms with Crippen LogP contribution in [0.1, 0.15) is 55.6 Å². The number of nitrogens with one attached hydrogen (secondary N) is 1. The van der Waals surface area contributed by atoms with Crippen molar-refractivity contribution in [3.05, 3.63) is 71.3 Å². The van der Waals surface area contributed by atoms with Gasteiger partial charge in [0.2, 0.25) is 0 Å². The van der Waals surface area contributed by atoms with Crippen molar-refractivity contribution in [3.63, 3.8) is 0 Å². The Labute approximate surface area is 151 Å². The van der Waals surface area contributed by atoms with Gasteiger partial charge in [0.05, 0.1) is 5.60 Å². The van der Waals surface area contributed by atoms with E-state index in [1.54, 1.807) is 6.92 Å². The highest BCUT2D eigenvalue weighted by Gasteiger charge is 2.21. The van der Waals surface area contributed by atoms with Crippen LogP contribution in [0.15, 0.2) is 54.6 Å². The number of rotatable bonds is 6. The van der Waals surface area contributed by atoms with Gasteiger partial charge in [0, 0.05) is 12.1 Å². The topological polar surface area (TPSA) is 49.3 Å². The van der Waals surface area contributed by atoms with Gasteiger partial charge < -0.3 is 10.4 Å². The van der Waals surface area contributed by atoms with Gasteiger partial charge in [-0.05, 0) is 48.4 Å². The second-order valence-electron chi connectivity index (χ2n) is 7.99. The van der Waals surface area contributed by atoms with Crippen molar-refractivity contribution < 1.29 is 9.90 Å². The molecular weight excluding hydrogens is 310 g/mol. The summed E-state index contributed by atoms with van der Waals surface area (Å²) in [6.45, 7) is 8.43. The number of aryl methyl sites for hydroxylation is 1. The van der Waals surface area contributed by atoms with Gasteiger partial charge in [0.25, 0.3) is 5.91 Å². The first-order valence-electron chi connectivity index (χ1n) is 8.82. The second kappa shape index (κ2) is 7.83. The van der Waals surface area contributed by atoms with Crippen molar-refractivity contribution in [1.29, 1.82) is 0 Å². The maximum atomic E-state index is 12.3.